The van der Waals surface area contributed by atoms with Gasteiger partial charge in [-0.1, -0.05) is 24.3 Å². The van der Waals surface area contributed by atoms with E-state index < -0.39 is 0 Å². The van der Waals surface area contributed by atoms with Gasteiger partial charge in [-0.15, -0.1) is 11.3 Å². The summed E-state index contributed by atoms with van der Waals surface area (Å²) < 4.78 is 2.02. The number of benzene rings is 2. The molecule has 0 bridgehead atoms. The predicted molar refractivity (Wildman–Crippen MR) is 84.4 cm³/mol. The number of rotatable bonds is 4. The summed E-state index contributed by atoms with van der Waals surface area (Å²) in [7, 11) is 2.82. The highest BCUT2D eigenvalue weighted by Gasteiger charge is 2.14. The summed E-state index contributed by atoms with van der Waals surface area (Å²) in [5.41, 5.74) is 1.09. The maximum absolute atomic E-state index is 10.9. The zero-order valence-electron chi connectivity index (χ0n) is 10.1. The van der Waals surface area contributed by atoms with E-state index in [-0.39, 0.29) is 10.6 Å². The Bertz CT molecular complexity index is 740. The number of thiazole rings is 1. The van der Waals surface area contributed by atoms with Gasteiger partial charge in [-0.3, -0.25) is 10.1 Å². The van der Waals surface area contributed by atoms with Crippen molar-refractivity contribution in [2.45, 2.75) is 9.24 Å². The van der Waals surface area contributed by atoms with Gasteiger partial charge in [0.15, 0.2) is 4.34 Å². The lowest BCUT2D eigenvalue weighted by Crippen LogP contribution is -1.88. The number of nitro groups is 1. The van der Waals surface area contributed by atoms with E-state index in [1.54, 1.807) is 29.5 Å². The van der Waals surface area contributed by atoms with Crippen LogP contribution in [0.15, 0.2) is 57.8 Å². The molecule has 0 unspecified atom stereocenters. The van der Waals surface area contributed by atoms with Gasteiger partial charge in [0.2, 0.25) is 0 Å². The molecular formula is C13H8N2O2S3. The van der Waals surface area contributed by atoms with Crippen molar-refractivity contribution in [1.29, 1.82) is 0 Å². The van der Waals surface area contributed by atoms with E-state index in [4.69, 9.17) is 0 Å². The minimum Gasteiger partial charge on any atom is -0.258 e. The number of aromatic nitrogens is 1. The lowest BCUT2D eigenvalue weighted by atomic mass is 10.3. The molecule has 0 aliphatic rings. The minimum absolute atomic E-state index is 0.131. The summed E-state index contributed by atoms with van der Waals surface area (Å²) in [5.74, 6) is 0. The highest BCUT2D eigenvalue weighted by molar-refractivity contribution is 8.77. The van der Waals surface area contributed by atoms with Crippen molar-refractivity contribution in [3.63, 3.8) is 0 Å². The third-order valence-corrected chi connectivity index (χ3v) is 6.29. The molecule has 1 heterocycles. The highest BCUT2D eigenvalue weighted by atomic mass is 33.1. The fourth-order valence-electron chi connectivity index (χ4n) is 1.65. The molecule has 0 spiro atoms. The Morgan fingerprint density at radius 2 is 1.80 bits per heavy atom. The van der Waals surface area contributed by atoms with Crippen LogP contribution in [0.2, 0.25) is 0 Å². The van der Waals surface area contributed by atoms with Crippen molar-refractivity contribution in [1.82, 2.24) is 4.98 Å². The van der Waals surface area contributed by atoms with E-state index in [2.05, 4.69) is 4.98 Å². The Morgan fingerprint density at radius 3 is 2.60 bits per heavy atom. The number of nitrogens with zero attached hydrogens (tertiary/aromatic N) is 2. The van der Waals surface area contributed by atoms with E-state index in [9.17, 15) is 10.1 Å². The second-order valence-electron chi connectivity index (χ2n) is 3.84. The lowest BCUT2D eigenvalue weighted by molar-refractivity contribution is -0.387. The molecule has 0 aliphatic carbocycles. The summed E-state index contributed by atoms with van der Waals surface area (Å²) >= 11 is 1.59. The Kier molecular flexibility index (Phi) is 3.90. The molecule has 0 N–H and O–H groups in total. The fourth-order valence-corrected chi connectivity index (χ4v) is 5.04. The van der Waals surface area contributed by atoms with Crippen molar-refractivity contribution in [2.75, 3.05) is 0 Å². The summed E-state index contributed by atoms with van der Waals surface area (Å²) in [5, 5.41) is 10.9. The van der Waals surface area contributed by atoms with Crippen LogP contribution in [0, 0.1) is 10.1 Å². The van der Waals surface area contributed by atoms with Gasteiger partial charge in [-0.25, -0.2) is 4.98 Å². The van der Waals surface area contributed by atoms with E-state index in [1.807, 2.05) is 24.3 Å². The second kappa shape index (κ2) is 5.82. The first-order valence-corrected chi connectivity index (χ1v) is 8.64. The van der Waals surface area contributed by atoms with Crippen LogP contribution >= 0.6 is 32.9 Å². The van der Waals surface area contributed by atoms with Crippen LogP contribution in [-0.4, -0.2) is 9.91 Å². The maximum atomic E-state index is 10.9. The highest BCUT2D eigenvalue weighted by Crippen LogP contribution is 2.43. The largest absolute Gasteiger partial charge is 0.283 e. The molecule has 100 valence electrons. The molecule has 4 nitrogen and oxygen atoms in total. The van der Waals surface area contributed by atoms with Crippen LogP contribution in [0.1, 0.15) is 0 Å². The smallest absolute Gasteiger partial charge is 0.258 e. The first-order chi connectivity index (χ1) is 9.74. The van der Waals surface area contributed by atoms with Crippen LogP contribution in [0.25, 0.3) is 10.2 Å². The first kappa shape index (κ1) is 13.4. The molecule has 3 rings (SSSR count). The summed E-state index contributed by atoms with van der Waals surface area (Å²) in [6.07, 6.45) is 0. The topological polar surface area (TPSA) is 56.0 Å². The first-order valence-electron chi connectivity index (χ1n) is 5.67. The Balaban J connectivity index is 1.81. The molecule has 0 atom stereocenters. The van der Waals surface area contributed by atoms with Gasteiger partial charge >= 0.3 is 0 Å². The van der Waals surface area contributed by atoms with E-state index >= 15 is 0 Å². The molecule has 0 aliphatic heterocycles. The van der Waals surface area contributed by atoms with Crippen LogP contribution in [0.4, 0.5) is 5.69 Å². The van der Waals surface area contributed by atoms with Crippen LogP contribution < -0.4 is 0 Å². The molecule has 0 fully saturated rings. The van der Waals surface area contributed by atoms with Gasteiger partial charge in [-0.2, -0.15) is 0 Å². The molecule has 0 saturated heterocycles. The van der Waals surface area contributed by atoms with Gasteiger partial charge in [0, 0.05) is 6.07 Å². The third kappa shape index (κ3) is 2.79. The molecule has 20 heavy (non-hydrogen) atoms. The average molecular weight is 320 g/mol. The summed E-state index contributed by atoms with van der Waals surface area (Å²) in [6, 6.07) is 14.6. The van der Waals surface area contributed by atoms with Crippen molar-refractivity contribution < 1.29 is 4.92 Å². The zero-order chi connectivity index (χ0) is 13.9. The van der Waals surface area contributed by atoms with Crippen molar-refractivity contribution in [3.05, 3.63) is 58.6 Å². The number of nitro benzene ring substituents is 1. The Morgan fingerprint density at radius 1 is 1.05 bits per heavy atom. The Hall–Kier alpha value is -1.57. The molecular weight excluding hydrogens is 312 g/mol. The third-order valence-electron chi connectivity index (χ3n) is 2.54. The number of fused-ring (bicyclic) bond motifs is 1. The van der Waals surface area contributed by atoms with Crippen molar-refractivity contribution >= 4 is 48.8 Å². The molecule has 0 radical (unpaired) electrons. The van der Waals surface area contributed by atoms with Crippen molar-refractivity contribution in [3.8, 4) is 0 Å². The lowest BCUT2D eigenvalue weighted by Gasteiger charge is -1.99. The van der Waals surface area contributed by atoms with E-state index in [0.29, 0.717) is 4.90 Å². The average Bonchev–Trinajstić information content (AvgIpc) is 2.88. The summed E-state index contributed by atoms with van der Waals surface area (Å²) in [6.45, 7) is 0. The molecule has 3 aromatic rings. The minimum atomic E-state index is -0.360. The maximum Gasteiger partial charge on any atom is 0.283 e. The molecule has 1 aromatic heterocycles. The Labute approximate surface area is 126 Å². The number of hydrogen-bond donors (Lipinski definition) is 0. The number of para-hydroxylation sites is 2. The van der Waals surface area contributed by atoms with Crippen LogP contribution in [0.3, 0.4) is 0 Å². The van der Waals surface area contributed by atoms with E-state index in [1.165, 1.54) is 27.7 Å². The molecule has 7 heteroatoms. The van der Waals surface area contributed by atoms with Crippen LogP contribution in [0.5, 0.6) is 0 Å². The predicted octanol–water partition coefficient (Wildman–Crippen LogP) is 5.00. The van der Waals surface area contributed by atoms with E-state index in [0.717, 1.165) is 14.6 Å². The molecule has 0 amide bonds. The monoisotopic (exact) mass is 320 g/mol. The van der Waals surface area contributed by atoms with Gasteiger partial charge in [0.05, 0.1) is 20.0 Å². The van der Waals surface area contributed by atoms with Gasteiger partial charge < -0.3 is 0 Å². The quantitative estimate of drug-likeness (QED) is 0.384. The van der Waals surface area contributed by atoms with Crippen LogP contribution in [-0.2, 0) is 0 Å². The standard InChI is InChI=1S/C13H8N2O2S3/c16-15(17)10-6-2-4-8-12(10)19-20-13-14-9-5-1-3-7-11(9)18-13/h1-8H. The van der Waals surface area contributed by atoms with Gasteiger partial charge in [0.25, 0.3) is 5.69 Å². The summed E-state index contributed by atoms with van der Waals surface area (Å²) in [4.78, 5) is 15.7. The fraction of sp³-hybridized carbons (Fsp3) is 0. The second-order valence-corrected chi connectivity index (χ2v) is 7.29. The normalized spacial score (nSPS) is 10.8. The van der Waals surface area contributed by atoms with Gasteiger partial charge in [0.1, 0.15) is 0 Å². The van der Waals surface area contributed by atoms with Crippen molar-refractivity contribution in [2.24, 2.45) is 0 Å². The molecule has 2 aromatic carbocycles. The zero-order valence-corrected chi connectivity index (χ0v) is 12.5. The molecule has 0 saturated carbocycles. The number of hydrogen-bond acceptors (Lipinski definition) is 6. The SMILES string of the molecule is O=[N+]([O-])c1ccccc1SSc1nc2ccccc2s1. The van der Waals surface area contributed by atoms with Gasteiger partial charge in [-0.05, 0) is 39.8 Å².